The lowest BCUT2D eigenvalue weighted by atomic mass is 10.0. The van der Waals surface area contributed by atoms with Gasteiger partial charge in [0.05, 0.1) is 7.11 Å². The summed E-state index contributed by atoms with van der Waals surface area (Å²) >= 11 is 0. The standard InChI is InChI=1S/C26H25NO2/c1-28-25-15-19(17-27-13-7-12-20-8-5-6-11-22(20)18-27)14-23-16-24(29-26(23)25)21-9-3-2-4-10-21/h2-6,8-11,14-16H,7,12-13,17-18H2,1H3. The lowest BCUT2D eigenvalue weighted by Crippen LogP contribution is -2.22. The van der Waals surface area contributed by atoms with Crippen LogP contribution in [0.4, 0.5) is 0 Å². The monoisotopic (exact) mass is 383 g/mol. The van der Waals surface area contributed by atoms with E-state index < -0.39 is 0 Å². The van der Waals surface area contributed by atoms with Crippen LogP contribution in [0.25, 0.3) is 22.3 Å². The Balaban J connectivity index is 1.46. The lowest BCUT2D eigenvalue weighted by Gasteiger charge is -2.21. The van der Waals surface area contributed by atoms with Crippen molar-refractivity contribution in [3.63, 3.8) is 0 Å². The Labute approximate surface area is 171 Å². The predicted octanol–water partition coefficient (Wildman–Crippen LogP) is 6.06. The second-order valence-electron chi connectivity index (χ2n) is 7.78. The van der Waals surface area contributed by atoms with Crippen molar-refractivity contribution >= 4 is 11.0 Å². The van der Waals surface area contributed by atoms with Gasteiger partial charge in [-0.15, -0.1) is 0 Å². The smallest absolute Gasteiger partial charge is 0.176 e. The molecule has 0 fully saturated rings. The van der Waals surface area contributed by atoms with Gasteiger partial charge in [-0.05, 0) is 54.3 Å². The van der Waals surface area contributed by atoms with Crippen LogP contribution in [0.5, 0.6) is 5.75 Å². The van der Waals surface area contributed by atoms with Crippen LogP contribution < -0.4 is 4.74 Å². The molecule has 3 nitrogen and oxygen atoms in total. The first-order chi connectivity index (χ1) is 14.3. The number of methoxy groups -OCH3 is 1. The van der Waals surface area contributed by atoms with Crippen LogP contribution in [0, 0.1) is 0 Å². The third-order valence-corrected chi connectivity index (χ3v) is 5.76. The van der Waals surface area contributed by atoms with Gasteiger partial charge in [-0.1, -0.05) is 54.6 Å². The Kier molecular flexibility index (Phi) is 4.82. The maximum absolute atomic E-state index is 6.15. The molecular weight excluding hydrogens is 358 g/mol. The van der Waals surface area contributed by atoms with E-state index in [1.165, 1.54) is 23.1 Å². The van der Waals surface area contributed by atoms with Gasteiger partial charge in [0, 0.05) is 24.0 Å². The van der Waals surface area contributed by atoms with Gasteiger partial charge in [0.15, 0.2) is 11.3 Å². The number of rotatable bonds is 4. The Hall–Kier alpha value is -3.04. The number of aryl methyl sites for hydroxylation is 1. The summed E-state index contributed by atoms with van der Waals surface area (Å²) in [5, 5.41) is 1.09. The molecule has 29 heavy (non-hydrogen) atoms. The highest BCUT2D eigenvalue weighted by atomic mass is 16.5. The van der Waals surface area contributed by atoms with Crippen molar-refractivity contribution in [2.75, 3.05) is 13.7 Å². The van der Waals surface area contributed by atoms with Crippen LogP contribution >= 0.6 is 0 Å². The van der Waals surface area contributed by atoms with E-state index in [0.717, 1.165) is 54.1 Å². The Morgan fingerprint density at radius 1 is 0.931 bits per heavy atom. The summed E-state index contributed by atoms with van der Waals surface area (Å²) in [5.41, 5.74) is 6.10. The second-order valence-corrected chi connectivity index (χ2v) is 7.78. The average Bonchev–Trinajstić information content (AvgIpc) is 3.08. The molecule has 0 unspecified atom stereocenters. The van der Waals surface area contributed by atoms with E-state index in [2.05, 4.69) is 59.5 Å². The molecule has 0 N–H and O–H groups in total. The summed E-state index contributed by atoms with van der Waals surface area (Å²) in [7, 11) is 1.71. The molecular formula is C26H25NO2. The van der Waals surface area contributed by atoms with Gasteiger partial charge < -0.3 is 9.15 Å². The number of ether oxygens (including phenoxy) is 1. The molecule has 3 aromatic carbocycles. The topological polar surface area (TPSA) is 25.6 Å². The van der Waals surface area contributed by atoms with Crippen molar-refractivity contribution in [2.45, 2.75) is 25.9 Å². The minimum atomic E-state index is 0.801. The first kappa shape index (κ1) is 18.0. The van der Waals surface area contributed by atoms with E-state index in [1.807, 2.05) is 18.2 Å². The minimum absolute atomic E-state index is 0.801. The van der Waals surface area contributed by atoms with Crippen molar-refractivity contribution in [3.05, 3.63) is 89.5 Å². The van der Waals surface area contributed by atoms with Gasteiger partial charge in [0.2, 0.25) is 0 Å². The quantitative estimate of drug-likeness (QED) is 0.428. The Bertz CT molecular complexity index is 1130. The zero-order valence-electron chi connectivity index (χ0n) is 16.7. The molecule has 4 aromatic rings. The lowest BCUT2D eigenvalue weighted by molar-refractivity contribution is 0.261. The SMILES string of the molecule is COc1cc(CN2CCCc3ccccc3C2)cc2cc(-c3ccccc3)oc12. The molecule has 1 aromatic heterocycles. The van der Waals surface area contributed by atoms with Gasteiger partial charge in [-0.25, -0.2) is 0 Å². The normalized spacial score (nSPS) is 14.5. The fourth-order valence-electron chi connectivity index (χ4n) is 4.33. The van der Waals surface area contributed by atoms with Crippen LogP contribution in [-0.4, -0.2) is 18.6 Å². The summed E-state index contributed by atoms with van der Waals surface area (Å²) in [4.78, 5) is 2.53. The molecule has 5 rings (SSSR count). The highest BCUT2D eigenvalue weighted by Crippen LogP contribution is 2.35. The van der Waals surface area contributed by atoms with E-state index in [-0.39, 0.29) is 0 Å². The molecule has 0 aliphatic carbocycles. The number of furan rings is 1. The van der Waals surface area contributed by atoms with Crippen LogP contribution in [0.3, 0.4) is 0 Å². The molecule has 3 heteroatoms. The Morgan fingerprint density at radius 3 is 2.55 bits per heavy atom. The highest BCUT2D eigenvalue weighted by Gasteiger charge is 2.17. The molecule has 0 atom stereocenters. The van der Waals surface area contributed by atoms with Crippen molar-refractivity contribution in [1.29, 1.82) is 0 Å². The minimum Gasteiger partial charge on any atom is -0.493 e. The van der Waals surface area contributed by atoms with E-state index in [9.17, 15) is 0 Å². The first-order valence-corrected chi connectivity index (χ1v) is 10.3. The van der Waals surface area contributed by atoms with E-state index in [1.54, 1.807) is 7.11 Å². The number of benzene rings is 3. The number of hydrogen-bond donors (Lipinski definition) is 0. The average molecular weight is 383 g/mol. The molecule has 1 aliphatic heterocycles. The van der Waals surface area contributed by atoms with Crippen LogP contribution in [0.1, 0.15) is 23.1 Å². The summed E-state index contributed by atoms with van der Waals surface area (Å²) in [6.45, 7) is 3.01. The third-order valence-electron chi connectivity index (χ3n) is 5.76. The fourth-order valence-corrected chi connectivity index (χ4v) is 4.33. The predicted molar refractivity (Wildman–Crippen MR) is 117 cm³/mol. The summed E-state index contributed by atoms with van der Waals surface area (Å²) in [6.07, 6.45) is 2.36. The van der Waals surface area contributed by atoms with E-state index >= 15 is 0 Å². The molecule has 0 spiro atoms. The zero-order chi connectivity index (χ0) is 19.6. The summed E-state index contributed by atoms with van der Waals surface area (Å²) in [6, 6.07) is 25.5. The maximum Gasteiger partial charge on any atom is 0.176 e. The van der Waals surface area contributed by atoms with Crippen LogP contribution in [-0.2, 0) is 19.5 Å². The molecule has 0 saturated carbocycles. The molecule has 0 saturated heterocycles. The van der Waals surface area contributed by atoms with Gasteiger partial charge in [0.25, 0.3) is 0 Å². The van der Waals surface area contributed by atoms with E-state index in [4.69, 9.17) is 9.15 Å². The van der Waals surface area contributed by atoms with Gasteiger partial charge in [-0.2, -0.15) is 0 Å². The third kappa shape index (κ3) is 3.66. The van der Waals surface area contributed by atoms with Gasteiger partial charge in [-0.3, -0.25) is 4.90 Å². The molecule has 0 bridgehead atoms. The maximum atomic E-state index is 6.15. The summed E-state index contributed by atoms with van der Waals surface area (Å²) in [5.74, 6) is 1.68. The molecule has 0 amide bonds. The van der Waals surface area contributed by atoms with Gasteiger partial charge in [0.1, 0.15) is 5.76 Å². The summed E-state index contributed by atoms with van der Waals surface area (Å²) < 4.78 is 11.8. The molecule has 1 aliphatic rings. The second kappa shape index (κ2) is 7.76. The van der Waals surface area contributed by atoms with Gasteiger partial charge >= 0.3 is 0 Å². The Morgan fingerprint density at radius 2 is 1.72 bits per heavy atom. The van der Waals surface area contributed by atoms with Crippen LogP contribution in [0.2, 0.25) is 0 Å². The number of nitrogens with zero attached hydrogens (tertiary/aromatic N) is 1. The molecule has 2 heterocycles. The van der Waals surface area contributed by atoms with E-state index in [0.29, 0.717) is 0 Å². The van der Waals surface area contributed by atoms with Crippen molar-refractivity contribution < 1.29 is 9.15 Å². The zero-order valence-corrected chi connectivity index (χ0v) is 16.7. The number of hydrogen-bond acceptors (Lipinski definition) is 3. The fraction of sp³-hybridized carbons (Fsp3) is 0.231. The van der Waals surface area contributed by atoms with Crippen molar-refractivity contribution in [1.82, 2.24) is 4.90 Å². The molecule has 0 radical (unpaired) electrons. The largest absolute Gasteiger partial charge is 0.493 e. The highest BCUT2D eigenvalue weighted by molar-refractivity contribution is 5.88. The number of fused-ring (bicyclic) bond motifs is 2. The van der Waals surface area contributed by atoms with Crippen molar-refractivity contribution in [2.24, 2.45) is 0 Å². The first-order valence-electron chi connectivity index (χ1n) is 10.3. The van der Waals surface area contributed by atoms with Crippen LogP contribution in [0.15, 0.2) is 77.2 Å². The molecule has 146 valence electrons. The van der Waals surface area contributed by atoms with Crippen molar-refractivity contribution in [3.8, 4) is 17.1 Å².